The zero-order chi connectivity index (χ0) is 16.1. The summed E-state index contributed by atoms with van der Waals surface area (Å²) in [6.07, 6.45) is 6.99. The Kier molecular flexibility index (Phi) is 4.29. The molecular weight excluding hydrogens is 295 g/mol. The highest BCUT2D eigenvalue weighted by molar-refractivity contribution is 5.84. The third kappa shape index (κ3) is 3.35. The van der Waals surface area contributed by atoms with Gasteiger partial charge >= 0.3 is 0 Å². The fourth-order valence-electron chi connectivity index (χ4n) is 2.28. The van der Waals surface area contributed by atoms with Crippen LogP contribution in [0.25, 0.3) is 15.9 Å². The van der Waals surface area contributed by atoms with E-state index >= 15 is 0 Å². The number of aromatic nitrogens is 3. The summed E-state index contributed by atoms with van der Waals surface area (Å²) >= 11 is 0. The molecule has 114 valence electrons. The summed E-state index contributed by atoms with van der Waals surface area (Å²) in [5.74, 6) is 0.136. The standard InChI is InChI=1S/C17H13FN4O/c1-19-7-3-5-13-9-20-16-15(13)17(22-11-21-16)23-10-12-4-2-6-14(18)8-12/h2-4,6-9,11H,5,10H2,(H,20,21,22)/b7-3-. The highest BCUT2D eigenvalue weighted by Gasteiger charge is 2.11. The Morgan fingerprint density at radius 2 is 2.26 bits per heavy atom. The summed E-state index contributed by atoms with van der Waals surface area (Å²) in [5.41, 5.74) is 2.33. The largest absolute Gasteiger partial charge is 0.472 e. The molecule has 0 bridgehead atoms. The first-order valence-corrected chi connectivity index (χ1v) is 6.97. The Morgan fingerprint density at radius 1 is 1.35 bits per heavy atom. The quantitative estimate of drug-likeness (QED) is 0.732. The molecule has 5 nitrogen and oxygen atoms in total. The minimum absolute atomic E-state index is 0.215. The number of allylic oxidation sites excluding steroid dienone is 1. The van der Waals surface area contributed by atoms with Crippen LogP contribution >= 0.6 is 0 Å². The second-order valence-electron chi connectivity index (χ2n) is 4.85. The number of fused-ring (bicyclic) bond motifs is 1. The Balaban J connectivity index is 1.86. The molecule has 0 unspecified atom stereocenters. The van der Waals surface area contributed by atoms with Gasteiger partial charge < -0.3 is 9.72 Å². The minimum atomic E-state index is -0.300. The molecule has 0 saturated carbocycles. The predicted molar refractivity (Wildman–Crippen MR) is 84.1 cm³/mol. The lowest BCUT2D eigenvalue weighted by molar-refractivity contribution is 0.297. The summed E-state index contributed by atoms with van der Waals surface area (Å²) in [5, 5.41) is 0.776. The number of nitrogens with one attached hydrogen (secondary N) is 1. The molecule has 0 aliphatic carbocycles. The van der Waals surface area contributed by atoms with Crippen LogP contribution in [0.1, 0.15) is 11.1 Å². The van der Waals surface area contributed by atoms with Crippen molar-refractivity contribution in [1.82, 2.24) is 15.0 Å². The van der Waals surface area contributed by atoms with Crippen LogP contribution in [0.2, 0.25) is 0 Å². The number of halogens is 1. The number of rotatable bonds is 5. The fourth-order valence-corrected chi connectivity index (χ4v) is 2.28. The molecule has 2 heterocycles. The van der Waals surface area contributed by atoms with Crippen LogP contribution in [0, 0.1) is 12.4 Å². The van der Waals surface area contributed by atoms with E-state index in [2.05, 4.69) is 19.8 Å². The topological polar surface area (TPSA) is 55.2 Å². The van der Waals surface area contributed by atoms with Gasteiger partial charge in [-0.25, -0.2) is 19.2 Å². The molecule has 0 saturated heterocycles. The first-order valence-electron chi connectivity index (χ1n) is 6.97. The molecule has 1 aromatic carbocycles. The molecule has 3 aromatic rings. The van der Waals surface area contributed by atoms with Crippen LogP contribution in [-0.4, -0.2) is 15.0 Å². The molecule has 0 atom stereocenters. The summed E-state index contributed by atoms with van der Waals surface area (Å²) in [6, 6.07) is 6.24. The van der Waals surface area contributed by atoms with Crippen molar-refractivity contribution < 1.29 is 9.13 Å². The van der Waals surface area contributed by atoms with Gasteiger partial charge in [0.15, 0.2) is 6.20 Å². The van der Waals surface area contributed by atoms with Gasteiger partial charge in [-0.3, -0.25) is 0 Å². The molecular formula is C17H13FN4O. The summed E-state index contributed by atoms with van der Waals surface area (Å²) in [4.78, 5) is 14.6. The normalized spacial score (nSPS) is 11.0. The summed E-state index contributed by atoms with van der Waals surface area (Å²) in [7, 11) is 0. The molecule has 1 N–H and O–H groups in total. The van der Waals surface area contributed by atoms with Gasteiger partial charge in [0, 0.05) is 6.20 Å². The number of hydrogen-bond acceptors (Lipinski definition) is 3. The second-order valence-corrected chi connectivity index (χ2v) is 4.85. The number of nitrogens with zero attached hydrogens (tertiary/aromatic N) is 3. The average molecular weight is 308 g/mol. The van der Waals surface area contributed by atoms with Gasteiger partial charge in [-0.05, 0) is 29.7 Å². The first kappa shape index (κ1) is 14.7. The van der Waals surface area contributed by atoms with Crippen LogP contribution in [0.5, 0.6) is 5.88 Å². The van der Waals surface area contributed by atoms with Crippen LogP contribution in [0.3, 0.4) is 0 Å². The third-order valence-corrected chi connectivity index (χ3v) is 3.30. The zero-order valence-electron chi connectivity index (χ0n) is 12.2. The predicted octanol–water partition coefficient (Wildman–Crippen LogP) is 3.65. The van der Waals surface area contributed by atoms with E-state index in [-0.39, 0.29) is 12.4 Å². The van der Waals surface area contributed by atoms with Crippen LogP contribution < -0.4 is 4.74 Å². The number of H-pyrrole nitrogens is 1. The third-order valence-electron chi connectivity index (χ3n) is 3.30. The minimum Gasteiger partial charge on any atom is -0.472 e. The van der Waals surface area contributed by atoms with Crippen LogP contribution in [-0.2, 0) is 13.0 Å². The van der Waals surface area contributed by atoms with Gasteiger partial charge in [-0.1, -0.05) is 18.2 Å². The van der Waals surface area contributed by atoms with E-state index in [0.717, 1.165) is 16.5 Å². The Morgan fingerprint density at radius 3 is 3.09 bits per heavy atom. The maximum atomic E-state index is 13.2. The summed E-state index contributed by atoms with van der Waals surface area (Å²) < 4.78 is 19.0. The highest BCUT2D eigenvalue weighted by atomic mass is 19.1. The molecule has 0 fully saturated rings. The van der Waals surface area contributed by atoms with Gasteiger partial charge in [0.05, 0.1) is 12.0 Å². The van der Waals surface area contributed by atoms with E-state index in [4.69, 9.17) is 11.3 Å². The molecule has 23 heavy (non-hydrogen) atoms. The van der Waals surface area contributed by atoms with Gasteiger partial charge in [0.1, 0.15) is 24.4 Å². The van der Waals surface area contributed by atoms with Crippen molar-refractivity contribution in [3.05, 3.63) is 77.4 Å². The van der Waals surface area contributed by atoms with Crippen molar-refractivity contribution in [2.45, 2.75) is 13.0 Å². The van der Waals surface area contributed by atoms with E-state index in [0.29, 0.717) is 17.9 Å². The Bertz CT molecular complexity index is 895. The van der Waals surface area contributed by atoms with E-state index < -0.39 is 0 Å². The fraction of sp³-hybridized carbons (Fsp3) is 0.118. The maximum Gasteiger partial charge on any atom is 0.226 e. The highest BCUT2D eigenvalue weighted by Crippen LogP contribution is 2.26. The molecule has 0 aliphatic heterocycles. The molecule has 3 rings (SSSR count). The van der Waals surface area contributed by atoms with Crippen molar-refractivity contribution in [1.29, 1.82) is 0 Å². The molecule has 0 radical (unpaired) electrons. The van der Waals surface area contributed by atoms with Crippen molar-refractivity contribution in [2.24, 2.45) is 0 Å². The molecule has 6 heteroatoms. The first-order chi connectivity index (χ1) is 11.3. The lowest BCUT2D eigenvalue weighted by Gasteiger charge is -2.07. The van der Waals surface area contributed by atoms with Gasteiger partial charge in [0.2, 0.25) is 5.88 Å². The lowest BCUT2D eigenvalue weighted by Crippen LogP contribution is -1.99. The van der Waals surface area contributed by atoms with Gasteiger partial charge in [-0.15, -0.1) is 0 Å². The average Bonchev–Trinajstić information content (AvgIpc) is 2.97. The number of hydrogen-bond donors (Lipinski definition) is 1. The monoisotopic (exact) mass is 308 g/mol. The van der Waals surface area contributed by atoms with E-state index in [1.54, 1.807) is 18.2 Å². The van der Waals surface area contributed by atoms with Crippen molar-refractivity contribution in [2.75, 3.05) is 0 Å². The van der Waals surface area contributed by atoms with E-state index in [1.807, 2.05) is 6.20 Å². The maximum absolute atomic E-state index is 13.2. The smallest absolute Gasteiger partial charge is 0.226 e. The van der Waals surface area contributed by atoms with Gasteiger partial charge in [-0.2, -0.15) is 0 Å². The number of aromatic amines is 1. The zero-order valence-corrected chi connectivity index (χ0v) is 12.2. The lowest BCUT2D eigenvalue weighted by atomic mass is 10.2. The molecule has 2 aromatic heterocycles. The Labute approximate surface area is 132 Å². The second kappa shape index (κ2) is 6.71. The van der Waals surface area contributed by atoms with Crippen molar-refractivity contribution in [3.63, 3.8) is 0 Å². The van der Waals surface area contributed by atoms with E-state index in [9.17, 15) is 4.39 Å². The van der Waals surface area contributed by atoms with Crippen LogP contribution in [0.4, 0.5) is 4.39 Å². The van der Waals surface area contributed by atoms with Gasteiger partial charge in [0.25, 0.3) is 0 Å². The van der Waals surface area contributed by atoms with Crippen molar-refractivity contribution in [3.8, 4) is 5.88 Å². The SMILES string of the molecule is [C-]#[N+]/C=C\Cc1c[nH]c2ncnc(OCc3cccc(F)c3)c12. The molecule has 0 spiro atoms. The Hall–Kier alpha value is -3.20. The molecule has 0 amide bonds. The number of benzene rings is 1. The number of ether oxygens (including phenoxy) is 1. The van der Waals surface area contributed by atoms with Crippen LogP contribution in [0.15, 0.2) is 49.1 Å². The van der Waals surface area contributed by atoms with Crippen molar-refractivity contribution >= 4 is 11.0 Å². The molecule has 0 aliphatic rings. The summed E-state index contributed by atoms with van der Waals surface area (Å²) in [6.45, 7) is 6.98. The van der Waals surface area contributed by atoms with E-state index in [1.165, 1.54) is 24.7 Å².